The molecule has 1 atom stereocenters. The Labute approximate surface area is 309 Å². The van der Waals surface area contributed by atoms with E-state index >= 15 is 0 Å². The smallest absolute Gasteiger partial charge is 0.326 e. The highest BCUT2D eigenvalue weighted by Gasteiger charge is 2.32. The minimum absolute atomic E-state index is 0.0127. The number of carboxylic acids is 1. The van der Waals surface area contributed by atoms with Crippen molar-refractivity contribution in [2.75, 3.05) is 32.8 Å². The minimum atomic E-state index is -1.60. The maximum absolute atomic E-state index is 11.8. The van der Waals surface area contributed by atoms with E-state index in [1.165, 1.54) is 26.0 Å². The lowest BCUT2D eigenvalue weighted by Crippen LogP contribution is -2.52. The number of carboxylic acid groups (broad SMARTS) is 1. The van der Waals surface area contributed by atoms with Gasteiger partial charge in [0.05, 0.1) is 23.8 Å². The van der Waals surface area contributed by atoms with E-state index in [0.717, 1.165) is 48.3 Å². The van der Waals surface area contributed by atoms with Gasteiger partial charge in [0, 0.05) is 48.2 Å². The number of hydrogen-bond donors (Lipinski definition) is 3. The third-order valence-electron chi connectivity index (χ3n) is 9.22. The van der Waals surface area contributed by atoms with Crippen LogP contribution >= 0.6 is 11.6 Å². The molecule has 4 aromatic rings. The van der Waals surface area contributed by atoms with Gasteiger partial charge in [0.1, 0.15) is 53.7 Å². The van der Waals surface area contributed by atoms with Crippen LogP contribution in [0.15, 0.2) is 67.0 Å². The van der Waals surface area contributed by atoms with Crippen molar-refractivity contribution in [3.05, 3.63) is 105 Å². The van der Waals surface area contributed by atoms with Gasteiger partial charge in [0.25, 0.3) is 0 Å². The number of nitriles is 2. The molecule has 0 aliphatic carbocycles. The monoisotopic (exact) mass is 723 g/mol. The van der Waals surface area contributed by atoms with Crippen LogP contribution in [0.5, 0.6) is 17.2 Å². The van der Waals surface area contributed by atoms with E-state index in [2.05, 4.69) is 27.3 Å². The van der Waals surface area contributed by atoms with Crippen LogP contribution in [0, 0.1) is 29.6 Å². The van der Waals surface area contributed by atoms with Crippen molar-refractivity contribution in [2.24, 2.45) is 0 Å². The number of aliphatic carboxylic acids is 1. The van der Waals surface area contributed by atoms with Gasteiger partial charge in [0.2, 0.25) is 0 Å². The Morgan fingerprint density at radius 1 is 0.962 bits per heavy atom. The van der Waals surface area contributed by atoms with Crippen LogP contribution in [0.25, 0.3) is 11.1 Å². The molecule has 11 nitrogen and oxygen atoms in total. The molecule has 270 valence electrons. The lowest BCUT2D eigenvalue weighted by molar-refractivity contribution is -0.145. The molecule has 1 aromatic heterocycles. The number of nitrogens with zero attached hydrogens (tertiary/aromatic N) is 4. The van der Waals surface area contributed by atoms with Crippen molar-refractivity contribution in [2.45, 2.75) is 58.4 Å². The van der Waals surface area contributed by atoms with Crippen LogP contribution in [0.1, 0.15) is 59.6 Å². The van der Waals surface area contributed by atoms with Gasteiger partial charge in [-0.05, 0) is 81.1 Å². The standard InChI is InChI=1S/C40H42ClN5O6/c1-27-30(8-5-9-32(27)33-10-6-11-36(34(33)20-43)50-15-7-14-46-12-3-4-13-46)25-52-38-18-37(51-24-29-16-28(19-42)21-44-22-29)31(17-35(38)41)23-45-40(2,26-47)39(48)49/h5-6,8-11,16-18,21-22,45,47H,3-4,7,12-15,23-26H2,1-2H3,(H,48,49)/t40-/m0/s1. The predicted octanol–water partition coefficient (Wildman–Crippen LogP) is 6.40. The fourth-order valence-corrected chi connectivity index (χ4v) is 6.23. The third kappa shape index (κ3) is 9.38. The molecule has 0 saturated carbocycles. The molecule has 0 radical (unpaired) electrons. The van der Waals surface area contributed by atoms with Gasteiger partial charge in [-0.2, -0.15) is 10.5 Å². The van der Waals surface area contributed by atoms with Crippen molar-refractivity contribution < 1.29 is 29.2 Å². The number of hydrogen-bond acceptors (Lipinski definition) is 10. The number of ether oxygens (including phenoxy) is 3. The number of nitrogens with one attached hydrogen (secondary N) is 1. The van der Waals surface area contributed by atoms with E-state index in [1.54, 1.807) is 24.4 Å². The summed E-state index contributed by atoms with van der Waals surface area (Å²) in [7, 11) is 0. The second-order valence-electron chi connectivity index (χ2n) is 12.9. The van der Waals surface area contributed by atoms with Crippen molar-refractivity contribution in [1.29, 1.82) is 10.5 Å². The average Bonchev–Trinajstić information content (AvgIpc) is 3.68. The summed E-state index contributed by atoms with van der Waals surface area (Å²) in [5, 5.41) is 42.0. The summed E-state index contributed by atoms with van der Waals surface area (Å²) in [5.41, 5.74) is 3.92. The number of aliphatic hydroxyl groups excluding tert-OH is 1. The fraction of sp³-hybridized carbons (Fsp3) is 0.350. The summed E-state index contributed by atoms with van der Waals surface area (Å²) in [6.45, 7) is 6.75. The average molecular weight is 724 g/mol. The molecule has 52 heavy (non-hydrogen) atoms. The van der Waals surface area contributed by atoms with Crippen LogP contribution in [0.3, 0.4) is 0 Å². The van der Waals surface area contributed by atoms with E-state index < -0.39 is 18.1 Å². The van der Waals surface area contributed by atoms with Crippen molar-refractivity contribution in [3.8, 4) is 40.5 Å². The number of aromatic nitrogens is 1. The normalized spacial score (nSPS) is 13.9. The summed E-state index contributed by atoms with van der Waals surface area (Å²) >= 11 is 6.71. The topological polar surface area (TPSA) is 161 Å². The highest BCUT2D eigenvalue weighted by Crippen LogP contribution is 2.36. The van der Waals surface area contributed by atoms with Gasteiger partial charge < -0.3 is 29.3 Å². The zero-order valence-electron chi connectivity index (χ0n) is 29.3. The summed E-state index contributed by atoms with van der Waals surface area (Å²) in [6, 6.07) is 20.8. The Kier molecular flexibility index (Phi) is 13.1. The second kappa shape index (κ2) is 17.9. The number of aliphatic hydroxyl groups is 1. The lowest BCUT2D eigenvalue weighted by atomic mass is 9.93. The molecule has 1 saturated heterocycles. The Morgan fingerprint density at radius 3 is 2.44 bits per heavy atom. The molecule has 3 N–H and O–H groups in total. The molecule has 1 fully saturated rings. The van der Waals surface area contributed by atoms with Gasteiger partial charge in [-0.25, -0.2) is 0 Å². The maximum atomic E-state index is 11.8. The number of pyridine rings is 1. The molecule has 0 bridgehead atoms. The maximum Gasteiger partial charge on any atom is 0.326 e. The summed E-state index contributed by atoms with van der Waals surface area (Å²) < 4.78 is 18.5. The lowest BCUT2D eigenvalue weighted by Gasteiger charge is -2.25. The Bertz CT molecular complexity index is 1970. The van der Waals surface area contributed by atoms with E-state index in [0.29, 0.717) is 46.1 Å². The third-order valence-corrected chi connectivity index (χ3v) is 9.52. The Morgan fingerprint density at radius 2 is 1.71 bits per heavy atom. The van der Waals surface area contributed by atoms with E-state index in [4.69, 9.17) is 25.8 Å². The molecule has 2 heterocycles. The highest BCUT2D eigenvalue weighted by atomic mass is 35.5. The minimum Gasteiger partial charge on any atom is -0.492 e. The van der Waals surface area contributed by atoms with Crippen molar-refractivity contribution in [1.82, 2.24) is 15.2 Å². The molecular formula is C40H42ClN5O6. The molecule has 5 rings (SSSR count). The number of benzene rings is 3. The van der Waals surface area contributed by atoms with Gasteiger partial charge in [-0.3, -0.25) is 15.1 Å². The SMILES string of the molecule is Cc1c(COc2cc(OCc3cncc(C#N)c3)c(CN[C@@](C)(CO)C(=O)O)cc2Cl)cccc1-c1cccc(OCCCN2CCCC2)c1C#N. The number of carbonyl (C=O) groups is 1. The predicted molar refractivity (Wildman–Crippen MR) is 196 cm³/mol. The van der Waals surface area contributed by atoms with Crippen LogP contribution in [0.4, 0.5) is 0 Å². The molecule has 0 spiro atoms. The first-order valence-electron chi connectivity index (χ1n) is 17.1. The highest BCUT2D eigenvalue weighted by molar-refractivity contribution is 6.32. The molecule has 0 unspecified atom stereocenters. The quantitative estimate of drug-likeness (QED) is 0.103. The van der Waals surface area contributed by atoms with Gasteiger partial charge in [-0.1, -0.05) is 41.9 Å². The largest absolute Gasteiger partial charge is 0.492 e. The first-order chi connectivity index (χ1) is 25.1. The van der Waals surface area contributed by atoms with Crippen LogP contribution in [-0.4, -0.2) is 64.5 Å². The van der Waals surface area contributed by atoms with Crippen molar-refractivity contribution >= 4 is 17.6 Å². The molecule has 3 aromatic carbocycles. The molecule has 0 amide bonds. The van der Waals surface area contributed by atoms with Crippen LogP contribution in [-0.2, 0) is 24.6 Å². The second-order valence-corrected chi connectivity index (χ2v) is 13.3. The number of likely N-dealkylation sites (tertiary alicyclic amines) is 1. The van der Waals surface area contributed by atoms with E-state index in [9.17, 15) is 25.5 Å². The molecule has 1 aliphatic heterocycles. The summed E-state index contributed by atoms with van der Waals surface area (Å²) in [6.07, 6.45) is 6.43. The first-order valence-corrected chi connectivity index (χ1v) is 17.5. The number of rotatable bonds is 17. The van der Waals surface area contributed by atoms with Crippen LogP contribution in [0.2, 0.25) is 5.02 Å². The van der Waals surface area contributed by atoms with Gasteiger partial charge in [0.15, 0.2) is 0 Å². The molecular weight excluding hydrogens is 682 g/mol. The number of halogens is 1. The van der Waals surface area contributed by atoms with Crippen LogP contribution < -0.4 is 19.5 Å². The molecule has 1 aliphatic rings. The zero-order chi connectivity index (χ0) is 37.1. The molecule has 12 heteroatoms. The Balaban J connectivity index is 1.35. The first kappa shape index (κ1) is 38.1. The van der Waals surface area contributed by atoms with Gasteiger partial charge in [-0.15, -0.1) is 0 Å². The summed E-state index contributed by atoms with van der Waals surface area (Å²) in [5.74, 6) is 0.0457. The van der Waals surface area contributed by atoms with Gasteiger partial charge >= 0.3 is 5.97 Å². The van der Waals surface area contributed by atoms with Crippen molar-refractivity contribution in [3.63, 3.8) is 0 Å². The summed E-state index contributed by atoms with van der Waals surface area (Å²) in [4.78, 5) is 18.3. The van der Waals surface area contributed by atoms with E-state index in [1.807, 2.05) is 43.3 Å². The van der Waals surface area contributed by atoms with E-state index in [-0.39, 0.29) is 24.8 Å². The Hall–Kier alpha value is -5.17. The fourth-order valence-electron chi connectivity index (χ4n) is 5.99. The zero-order valence-corrected chi connectivity index (χ0v) is 30.1.